The highest BCUT2D eigenvalue weighted by Gasteiger charge is 2.20. The summed E-state index contributed by atoms with van der Waals surface area (Å²) in [5.74, 6) is -0.664. The molecule has 27 heavy (non-hydrogen) atoms. The van der Waals surface area contributed by atoms with Gasteiger partial charge in [0.05, 0.1) is 12.5 Å². The Kier molecular flexibility index (Phi) is 5.79. The third-order valence-electron chi connectivity index (χ3n) is 3.98. The number of anilines is 1. The monoisotopic (exact) mass is 361 g/mol. The predicted molar refractivity (Wildman–Crippen MR) is 102 cm³/mol. The molecule has 6 nitrogen and oxygen atoms in total. The maximum Gasteiger partial charge on any atom is 0.251 e. The number of pyridine rings is 1. The second kappa shape index (κ2) is 8.62. The van der Waals surface area contributed by atoms with Gasteiger partial charge in [0, 0.05) is 11.8 Å². The van der Waals surface area contributed by atoms with Gasteiger partial charge in [-0.3, -0.25) is 9.59 Å². The fourth-order valence-electron chi connectivity index (χ4n) is 2.63. The molecular weight excluding hydrogens is 342 g/mol. The molecule has 3 rings (SSSR count). The van der Waals surface area contributed by atoms with Gasteiger partial charge in [0.1, 0.15) is 0 Å². The third-order valence-corrected chi connectivity index (χ3v) is 3.98. The summed E-state index contributed by atoms with van der Waals surface area (Å²) in [5.41, 5.74) is 1.32. The molecule has 2 amide bonds. The third kappa shape index (κ3) is 4.92. The van der Waals surface area contributed by atoms with E-state index in [4.69, 9.17) is 0 Å². The van der Waals surface area contributed by atoms with Crippen molar-refractivity contribution in [2.24, 2.45) is 0 Å². The Balaban J connectivity index is 1.75. The van der Waals surface area contributed by atoms with Crippen LogP contribution in [0.3, 0.4) is 0 Å². The first-order valence-corrected chi connectivity index (χ1v) is 8.48. The van der Waals surface area contributed by atoms with E-state index in [2.05, 4.69) is 15.6 Å². The number of benzene rings is 2. The van der Waals surface area contributed by atoms with Crippen LogP contribution in [0.4, 0.5) is 5.82 Å². The number of amides is 2. The summed E-state index contributed by atoms with van der Waals surface area (Å²) in [5, 5.41) is 15.2. The van der Waals surface area contributed by atoms with Gasteiger partial charge < -0.3 is 15.7 Å². The van der Waals surface area contributed by atoms with Crippen LogP contribution in [-0.2, 0) is 4.79 Å². The number of rotatable bonds is 6. The Hall–Kier alpha value is -3.67. The van der Waals surface area contributed by atoms with Crippen LogP contribution in [0.25, 0.3) is 0 Å². The van der Waals surface area contributed by atoms with Crippen LogP contribution in [0.2, 0.25) is 0 Å². The molecule has 0 aliphatic carbocycles. The first-order valence-electron chi connectivity index (χ1n) is 8.48. The normalized spacial score (nSPS) is 11.4. The molecule has 3 aromatic rings. The van der Waals surface area contributed by atoms with Crippen LogP contribution in [0.5, 0.6) is 5.75 Å². The van der Waals surface area contributed by atoms with Crippen molar-refractivity contribution in [3.8, 4) is 5.75 Å². The van der Waals surface area contributed by atoms with Gasteiger partial charge in [-0.1, -0.05) is 48.5 Å². The summed E-state index contributed by atoms with van der Waals surface area (Å²) in [7, 11) is 0. The molecule has 3 N–H and O–H groups in total. The van der Waals surface area contributed by atoms with Gasteiger partial charge in [-0.25, -0.2) is 4.98 Å². The van der Waals surface area contributed by atoms with Gasteiger partial charge >= 0.3 is 0 Å². The summed E-state index contributed by atoms with van der Waals surface area (Å²) in [6, 6.07) is 20.6. The summed E-state index contributed by atoms with van der Waals surface area (Å²) >= 11 is 0. The molecule has 1 aromatic heterocycles. The molecule has 0 radical (unpaired) electrons. The standard InChI is InChI=1S/C21H19N3O3/c25-18-12-7-13-22-20(18)24-19(26)14-17(15-8-3-1-4-9-15)23-21(27)16-10-5-2-6-11-16/h1-13,17,25H,14H2,(H,23,27)(H,22,24,26). The minimum absolute atomic E-state index is 0.00139. The zero-order valence-electron chi connectivity index (χ0n) is 14.5. The van der Waals surface area contributed by atoms with Crippen molar-refractivity contribution >= 4 is 17.6 Å². The molecule has 1 heterocycles. The number of aromatic nitrogens is 1. The maximum absolute atomic E-state index is 12.5. The van der Waals surface area contributed by atoms with E-state index in [1.165, 1.54) is 12.3 Å². The van der Waals surface area contributed by atoms with Gasteiger partial charge in [0.15, 0.2) is 11.6 Å². The number of hydrogen-bond donors (Lipinski definition) is 3. The summed E-state index contributed by atoms with van der Waals surface area (Å²) in [6.45, 7) is 0. The molecule has 136 valence electrons. The van der Waals surface area contributed by atoms with E-state index in [1.54, 1.807) is 30.3 Å². The van der Waals surface area contributed by atoms with Crippen molar-refractivity contribution in [2.75, 3.05) is 5.32 Å². The smallest absolute Gasteiger partial charge is 0.251 e. The second-order valence-corrected chi connectivity index (χ2v) is 5.93. The highest BCUT2D eigenvalue weighted by atomic mass is 16.3. The quantitative estimate of drug-likeness (QED) is 0.628. The predicted octanol–water partition coefficient (Wildman–Crippen LogP) is 3.29. The minimum Gasteiger partial charge on any atom is -0.504 e. The van der Waals surface area contributed by atoms with Crippen LogP contribution in [-0.4, -0.2) is 21.9 Å². The first-order chi connectivity index (χ1) is 13.1. The van der Waals surface area contributed by atoms with Crippen molar-refractivity contribution in [1.29, 1.82) is 0 Å². The number of carbonyl (C=O) groups excluding carboxylic acids is 2. The summed E-state index contributed by atoms with van der Waals surface area (Å²) in [6.07, 6.45) is 1.47. The Morgan fingerprint density at radius 3 is 2.26 bits per heavy atom. The molecule has 0 bridgehead atoms. The lowest BCUT2D eigenvalue weighted by molar-refractivity contribution is -0.116. The van der Waals surface area contributed by atoms with Gasteiger partial charge in [0.2, 0.25) is 5.91 Å². The molecule has 0 spiro atoms. The average Bonchev–Trinajstić information content (AvgIpc) is 2.70. The lowest BCUT2D eigenvalue weighted by atomic mass is 10.0. The van der Waals surface area contributed by atoms with Gasteiger partial charge in [-0.05, 0) is 29.8 Å². The molecule has 1 atom stereocenters. The molecule has 0 aliphatic heterocycles. The van der Waals surface area contributed by atoms with E-state index in [-0.39, 0.29) is 29.8 Å². The Morgan fingerprint density at radius 2 is 1.59 bits per heavy atom. The number of carbonyl (C=O) groups is 2. The molecular formula is C21H19N3O3. The maximum atomic E-state index is 12.5. The fourth-order valence-corrected chi connectivity index (χ4v) is 2.63. The van der Waals surface area contributed by atoms with Crippen molar-refractivity contribution in [3.05, 3.63) is 90.1 Å². The average molecular weight is 361 g/mol. The number of aromatic hydroxyl groups is 1. The van der Waals surface area contributed by atoms with E-state index >= 15 is 0 Å². The molecule has 2 aromatic carbocycles. The lowest BCUT2D eigenvalue weighted by Crippen LogP contribution is -2.31. The number of nitrogens with zero attached hydrogens (tertiary/aromatic N) is 1. The van der Waals surface area contributed by atoms with Crippen LogP contribution in [0, 0.1) is 0 Å². The van der Waals surface area contributed by atoms with E-state index in [9.17, 15) is 14.7 Å². The minimum atomic E-state index is -0.523. The lowest BCUT2D eigenvalue weighted by Gasteiger charge is -2.19. The largest absolute Gasteiger partial charge is 0.504 e. The zero-order valence-corrected chi connectivity index (χ0v) is 14.5. The van der Waals surface area contributed by atoms with E-state index in [0.717, 1.165) is 5.56 Å². The van der Waals surface area contributed by atoms with Crippen molar-refractivity contribution in [3.63, 3.8) is 0 Å². The van der Waals surface area contributed by atoms with E-state index < -0.39 is 6.04 Å². The van der Waals surface area contributed by atoms with E-state index in [0.29, 0.717) is 5.56 Å². The summed E-state index contributed by atoms with van der Waals surface area (Å²) < 4.78 is 0. The SMILES string of the molecule is O=C(CC(NC(=O)c1ccccc1)c1ccccc1)Nc1ncccc1O. The van der Waals surface area contributed by atoms with Gasteiger partial charge in [0.25, 0.3) is 5.91 Å². The number of nitrogens with one attached hydrogen (secondary N) is 2. The molecule has 1 unspecified atom stereocenters. The topological polar surface area (TPSA) is 91.3 Å². The Labute approximate surface area is 156 Å². The molecule has 0 aliphatic rings. The van der Waals surface area contributed by atoms with Crippen LogP contribution < -0.4 is 10.6 Å². The zero-order chi connectivity index (χ0) is 19.1. The summed E-state index contributed by atoms with van der Waals surface area (Å²) in [4.78, 5) is 28.9. The Bertz CT molecular complexity index is 914. The molecule has 0 saturated carbocycles. The van der Waals surface area contributed by atoms with Crippen LogP contribution in [0.15, 0.2) is 79.0 Å². The van der Waals surface area contributed by atoms with Crippen LogP contribution >= 0.6 is 0 Å². The highest BCUT2D eigenvalue weighted by molar-refractivity contribution is 5.95. The fraction of sp³-hybridized carbons (Fsp3) is 0.0952. The van der Waals surface area contributed by atoms with Crippen LogP contribution in [0.1, 0.15) is 28.4 Å². The number of hydrogen-bond acceptors (Lipinski definition) is 4. The Morgan fingerprint density at radius 1 is 0.926 bits per heavy atom. The van der Waals surface area contributed by atoms with Gasteiger partial charge in [-0.2, -0.15) is 0 Å². The van der Waals surface area contributed by atoms with Gasteiger partial charge in [-0.15, -0.1) is 0 Å². The molecule has 0 fully saturated rings. The van der Waals surface area contributed by atoms with Crippen molar-refractivity contribution < 1.29 is 14.7 Å². The van der Waals surface area contributed by atoms with E-state index in [1.807, 2.05) is 36.4 Å². The van der Waals surface area contributed by atoms with Crippen molar-refractivity contribution in [1.82, 2.24) is 10.3 Å². The molecule has 0 saturated heterocycles. The highest BCUT2D eigenvalue weighted by Crippen LogP contribution is 2.21. The second-order valence-electron chi connectivity index (χ2n) is 5.93. The van der Waals surface area contributed by atoms with Crippen molar-refractivity contribution in [2.45, 2.75) is 12.5 Å². The molecule has 6 heteroatoms. The first kappa shape index (κ1) is 18.1.